The lowest BCUT2D eigenvalue weighted by molar-refractivity contribution is -0.139. The highest BCUT2D eigenvalue weighted by atomic mass is 19.4. The molecule has 1 fully saturated rings. The van der Waals surface area contributed by atoms with Crippen LogP contribution in [-0.2, 0) is 22.3 Å². The summed E-state index contributed by atoms with van der Waals surface area (Å²) in [5, 5.41) is 19.4. The molecular formula is C29H45F3N2O4. The molecule has 9 heteroatoms. The van der Waals surface area contributed by atoms with Gasteiger partial charge in [0.2, 0.25) is 5.91 Å². The summed E-state index contributed by atoms with van der Waals surface area (Å²) in [6.07, 6.45) is 9.77. The van der Waals surface area contributed by atoms with E-state index in [4.69, 9.17) is 0 Å². The van der Waals surface area contributed by atoms with Gasteiger partial charge < -0.3 is 15.1 Å². The minimum absolute atomic E-state index is 0.0359. The summed E-state index contributed by atoms with van der Waals surface area (Å²) in [7, 11) is 0. The Balaban J connectivity index is 1.71. The Hall–Kier alpha value is -2.29. The average molecular weight is 543 g/mol. The SMILES string of the molecule is CCCCCCCCCCCCC(=O)N1CCC(CN(CC(=O)O)Cc2ccc(C(F)(F)F)cc2O)CC1. The second-order valence-electron chi connectivity index (χ2n) is 10.7. The first kappa shape index (κ1) is 31.9. The third-order valence-electron chi connectivity index (χ3n) is 7.39. The quantitative estimate of drug-likeness (QED) is 0.211. The Morgan fingerprint density at radius 1 is 0.974 bits per heavy atom. The minimum atomic E-state index is -4.56. The predicted molar refractivity (Wildman–Crippen MR) is 142 cm³/mol. The van der Waals surface area contributed by atoms with Crippen molar-refractivity contribution in [2.75, 3.05) is 26.2 Å². The fourth-order valence-corrected chi connectivity index (χ4v) is 5.14. The number of halogens is 3. The lowest BCUT2D eigenvalue weighted by Crippen LogP contribution is -2.42. The zero-order valence-corrected chi connectivity index (χ0v) is 22.8. The van der Waals surface area contributed by atoms with Crippen molar-refractivity contribution in [3.05, 3.63) is 29.3 Å². The number of aromatic hydroxyl groups is 1. The van der Waals surface area contributed by atoms with Crippen molar-refractivity contribution >= 4 is 11.9 Å². The molecule has 1 amide bonds. The van der Waals surface area contributed by atoms with Crippen molar-refractivity contribution in [1.82, 2.24) is 9.80 Å². The summed E-state index contributed by atoms with van der Waals surface area (Å²) in [6.45, 7) is 3.68. The first-order valence-corrected chi connectivity index (χ1v) is 14.2. The van der Waals surface area contributed by atoms with Gasteiger partial charge in [0, 0.05) is 38.2 Å². The lowest BCUT2D eigenvalue weighted by Gasteiger charge is -2.34. The summed E-state index contributed by atoms with van der Waals surface area (Å²) in [4.78, 5) is 27.5. The van der Waals surface area contributed by atoms with Gasteiger partial charge in [0.25, 0.3) is 0 Å². The normalized spacial score (nSPS) is 14.8. The van der Waals surface area contributed by atoms with Gasteiger partial charge in [0.05, 0.1) is 12.1 Å². The molecule has 1 aromatic carbocycles. The van der Waals surface area contributed by atoms with Gasteiger partial charge in [0.1, 0.15) is 5.75 Å². The molecule has 1 aromatic rings. The Kier molecular flexibility index (Phi) is 14.0. The van der Waals surface area contributed by atoms with Crippen molar-refractivity contribution in [3.8, 4) is 5.75 Å². The maximum atomic E-state index is 12.9. The maximum absolute atomic E-state index is 12.9. The van der Waals surface area contributed by atoms with Crippen LogP contribution in [0.1, 0.15) is 102 Å². The maximum Gasteiger partial charge on any atom is 0.416 e. The van der Waals surface area contributed by atoms with Crippen LogP contribution in [0.5, 0.6) is 5.75 Å². The highest BCUT2D eigenvalue weighted by Crippen LogP contribution is 2.33. The Morgan fingerprint density at radius 2 is 1.55 bits per heavy atom. The number of phenolic OH excluding ortho intramolecular Hbond substituents is 1. The molecule has 1 aliphatic heterocycles. The van der Waals surface area contributed by atoms with Crippen LogP contribution in [0.2, 0.25) is 0 Å². The van der Waals surface area contributed by atoms with Gasteiger partial charge in [0.15, 0.2) is 0 Å². The number of amides is 1. The Labute approximate surface area is 225 Å². The summed E-state index contributed by atoms with van der Waals surface area (Å²) < 4.78 is 38.6. The monoisotopic (exact) mass is 542 g/mol. The highest BCUT2D eigenvalue weighted by Gasteiger charge is 2.31. The van der Waals surface area contributed by atoms with Crippen molar-refractivity contribution in [1.29, 1.82) is 0 Å². The van der Waals surface area contributed by atoms with E-state index in [1.807, 2.05) is 4.90 Å². The molecule has 0 aromatic heterocycles. The number of carbonyl (C=O) groups is 2. The first-order chi connectivity index (χ1) is 18.1. The minimum Gasteiger partial charge on any atom is -0.508 e. The number of aliphatic carboxylic acids is 1. The number of unbranched alkanes of at least 4 members (excludes halogenated alkanes) is 9. The lowest BCUT2D eigenvalue weighted by atomic mass is 9.95. The number of rotatable bonds is 17. The van der Waals surface area contributed by atoms with Crippen LogP contribution >= 0.6 is 0 Å². The van der Waals surface area contributed by atoms with Crippen molar-refractivity contribution in [3.63, 3.8) is 0 Å². The number of nitrogens with zero attached hydrogens (tertiary/aromatic N) is 2. The van der Waals surface area contributed by atoms with E-state index in [0.29, 0.717) is 32.1 Å². The number of likely N-dealkylation sites (tertiary alicyclic amines) is 1. The van der Waals surface area contributed by atoms with Gasteiger partial charge in [-0.2, -0.15) is 13.2 Å². The van der Waals surface area contributed by atoms with E-state index in [-0.39, 0.29) is 30.5 Å². The first-order valence-electron chi connectivity index (χ1n) is 14.2. The molecule has 1 saturated heterocycles. The van der Waals surface area contributed by atoms with Crippen LogP contribution in [-0.4, -0.2) is 58.1 Å². The van der Waals surface area contributed by atoms with E-state index in [1.165, 1.54) is 57.4 Å². The van der Waals surface area contributed by atoms with Gasteiger partial charge in [-0.05, 0) is 37.3 Å². The van der Waals surface area contributed by atoms with Crippen LogP contribution in [0.4, 0.5) is 13.2 Å². The van der Waals surface area contributed by atoms with E-state index in [1.54, 1.807) is 4.90 Å². The summed E-state index contributed by atoms with van der Waals surface area (Å²) in [5.41, 5.74) is -0.693. The Bertz CT molecular complexity index is 855. The van der Waals surface area contributed by atoms with Gasteiger partial charge in [-0.15, -0.1) is 0 Å². The molecule has 0 unspecified atom stereocenters. The molecule has 0 spiro atoms. The Morgan fingerprint density at radius 3 is 2.08 bits per heavy atom. The number of alkyl halides is 3. The van der Waals surface area contributed by atoms with Gasteiger partial charge in [-0.3, -0.25) is 14.5 Å². The molecule has 1 aliphatic rings. The molecule has 216 valence electrons. The van der Waals surface area contributed by atoms with Gasteiger partial charge in [-0.1, -0.05) is 70.8 Å². The molecule has 1 heterocycles. The molecule has 0 radical (unpaired) electrons. The zero-order valence-electron chi connectivity index (χ0n) is 22.8. The number of carboxylic acid groups (broad SMARTS) is 1. The standard InChI is InChI=1S/C29H45F3N2O4/c1-2-3-4-5-6-7-8-9-10-11-12-27(36)34-17-15-23(16-18-34)20-33(22-28(37)38)21-24-13-14-25(19-26(24)35)29(30,31)32/h13-14,19,23,35H,2-12,15-18,20-22H2,1H3,(H,37,38). The highest BCUT2D eigenvalue weighted by molar-refractivity contribution is 5.76. The molecule has 2 rings (SSSR count). The van der Waals surface area contributed by atoms with Crippen LogP contribution in [0.25, 0.3) is 0 Å². The van der Waals surface area contributed by atoms with Crippen molar-refractivity contribution in [2.45, 2.75) is 103 Å². The number of carboxylic acids is 1. The number of hydrogen-bond acceptors (Lipinski definition) is 4. The molecule has 0 bridgehead atoms. The van der Waals surface area contributed by atoms with E-state index < -0.39 is 23.5 Å². The summed E-state index contributed by atoms with van der Waals surface area (Å²) >= 11 is 0. The van der Waals surface area contributed by atoms with Crippen LogP contribution in [0.15, 0.2) is 18.2 Å². The van der Waals surface area contributed by atoms with Crippen LogP contribution in [0.3, 0.4) is 0 Å². The molecule has 0 aliphatic carbocycles. The molecule has 6 nitrogen and oxygen atoms in total. The topological polar surface area (TPSA) is 81.1 Å². The number of benzene rings is 1. The van der Waals surface area contributed by atoms with Crippen molar-refractivity contribution in [2.24, 2.45) is 5.92 Å². The summed E-state index contributed by atoms with van der Waals surface area (Å²) in [5.74, 6) is -1.18. The van der Waals surface area contributed by atoms with E-state index >= 15 is 0 Å². The van der Waals surface area contributed by atoms with E-state index in [9.17, 15) is 33.0 Å². The third-order valence-corrected chi connectivity index (χ3v) is 7.39. The molecule has 2 N–H and O–H groups in total. The van der Waals surface area contributed by atoms with Crippen LogP contribution < -0.4 is 0 Å². The third kappa shape index (κ3) is 12.0. The fraction of sp³-hybridized carbons (Fsp3) is 0.724. The zero-order chi connectivity index (χ0) is 28.0. The van der Waals surface area contributed by atoms with Crippen molar-refractivity contribution < 1.29 is 33.0 Å². The predicted octanol–water partition coefficient (Wildman–Crippen LogP) is 6.85. The molecule has 0 atom stereocenters. The molecule has 38 heavy (non-hydrogen) atoms. The van der Waals surface area contributed by atoms with Gasteiger partial charge in [-0.25, -0.2) is 0 Å². The second kappa shape index (κ2) is 16.6. The fourth-order valence-electron chi connectivity index (χ4n) is 5.14. The van der Waals surface area contributed by atoms with Gasteiger partial charge >= 0.3 is 12.1 Å². The summed E-state index contributed by atoms with van der Waals surface area (Å²) in [6, 6.07) is 2.77. The van der Waals surface area contributed by atoms with Crippen LogP contribution in [0, 0.1) is 5.92 Å². The number of phenols is 1. The number of hydrogen-bond donors (Lipinski definition) is 2. The van der Waals surface area contributed by atoms with E-state index in [0.717, 1.165) is 31.7 Å². The molecular weight excluding hydrogens is 497 g/mol. The number of carbonyl (C=O) groups excluding carboxylic acids is 1. The average Bonchev–Trinajstić information content (AvgIpc) is 2.85. The molecule has 0 saturated carbocycles. The largest absolute Gasteiger partial charge is 0.508 e. The number of piperidine rings is 1. The van der Waals surface area contributed by atoms with E-state index in [2.05, 4.69) is 6.92 Å². The smallest absolute Gasteiger partial charge is 0.416 e. The second-order valence-corrected chi connectivity index (χ2v) is 10.7.